The molecule has 0 bridgehead atoms. The van der Waals surface area contributed by atoms with Gasteiger partial charge < -0.3 is 10.6 Å². The SMILES string of the molecule is CCC1CN(CCCCC(N)=S)CCS1. The van der Waals surface area contributed by atoms with Crippen molar-refractivity contribution in [3.63, 3.8) is 0 Å². The summed E-state index contributed by atoms with van der Waals surface area (Å²) in [6.45, 7) is 6.04. The molecule has 88 valence electrons. The Morgan fingerprint density at radius 3 is 3.00 bits per heavy atom. The number of rotatable bonds is 6. The van der Waals surface area contributed by atoms with Crippen LogP contribution < -0.4 is 5.73 Å². The number of thioether (sulfide) groups is 1. The molecule has 0 aromatic rings. The van der Waals surface area contributed by atoms with Crippen LogP contribution >= 0.6 is 24.0 Å². The van der Waals surface area contributed by atoms with Crippen molar-refractivity contribution in [3.05, 3.63) is 0 Å². The fourth-order valence-electron chi connectivity index (χ4n) is 1.87. The molecule has 0 saturated carbocycles. The average molecular weight is 246 g/mol. The van der Waals surface area contributed by atoms with E-state index in [1.807, 2.05) is 0 Å². The van der Waals surface area contributed by atoms with E-state index in [9.17, 15) is 0 Å². The summed E-state index contributed by atoms with van der Waals surface area (Å²) in [6.07, 6.45) is 4.59. The van der Waals surface area contributed by atoms with E-state index in [1.165, 1.54) is 38.2 Å². The van der Waals surface area contributed by atoms with Gasteiger partial charge in [-0.15, -0.1) is 0 Å². The van der Waals surface area contributed by atoms with Gasteiger partial charge in [0.15, 0.2) is 0 Å². The highest BCUT2D eigenvalue weighted by Crippen LogP contribution is 2.21. The highest BCUT2D eigenvalue weighted by atomic mass is 32.2. The molecule has 0 aliphatic carbocycles. The van der Waals surface area contributed by atoms with Crippen LogP contribution in [0.25, 0.3) is 0 Å². The quantitative estimate of drug-likeness (QED) is 0.575. The molecule has 1 heterocycles. The van der Waals surface area contributed by atoms with Crippen molar-refractivity contribution in [3.8, 4) is 0 Å². The summed E-state index contributed by atoms with van der Waals surface area (Å²) in [7, 11) is 0. The predicted molar refractivity (Wildman–Crippen MR) is 73.6 cm³/mol. The van der Waals surface area contributed by atoms with Crippen LogP contribution in [0.15, 0.2) is 0 Å². The Labute approximate surface area is 103 Å². The zero-order valence-corrected chi connectivity index (χ0v) is 11.2. The van der Waals surface area contributed by atoms with Gasteiger partial charge in [0.05, 0.1) is 4.99 Å². The van der Waals surface area contributed by atoms with E-state index in [-0.39, 0.29) is 0 Å². The molecular formula is C11H22N2S2. The summed E-state index contributed by atoms with van der Waals surface area (Å²) in [6, 6.07) is 0. The minimum atomic E-state index is 0.663. The van der Waals surface area contributed by atoms with Crippen molar-refractivity contribution < 1.29 is 0 Å². The van der Waals surface area contributed by atoms with E-state index in [4.69, 9.17) is 18.0 Å². The Morgan fingerprint density at radius 1 is 1.53 bits per heavy atom. The number of thiocarbonyl (C=S) groups is 1. The molecule has 0 radical (unpaired) electrons. The first-order valence-corrected chi connectivity index (χ1v) is 7.30. The summed E-state index contributed by atoms with van der Waals surface area (Å²) < 4.78 is 0. The molecule has 2 N–H and O–H groups in total. The van der Waals surface area contributed by atoms with Gasteiger partial charge in [0.25, 0.3) is 0 Å². The van der Waals surface area contributed by atoms with Crippen molar-refractivity contribution in [2.45, 2.75) is 37.9 Å². The Hall–Kier alpha value is 0.200. The van der Waals surface area contributed by atoms with Crippen LogP contribution in [0.4, 0.5) is 0 Å². The number of hydrogen-bond acceptors (Lipinski definition) is 3. The normalized spacial score (nSPS) is 22.9. The van der Waals surface area contributed by atoms with Crippen molar-refractivity contribution in [2.24, 2.45) is 5.73 Å². The van der Waals surface area contributed by atoms with E-state index in [2.05, 4.69) is 23.6 Å². The third-order valence-corrected chi connectivity index (χ3v) is 4.40. The lowest BCUT2D eigenvalue weighted by molar-refractivity contribution is 0.276. The molecule has 0 aromatic heterocycles. The summed E-state index contributed by atoms with van der Waals surface area (Å²) in [5.41, 5.74) is 5.47. The molecule has 1 fully saturated rings. The molecule has 1 aliphatic rings. The highest BCUT2D eigenvalue weighted by molar-refractivity contribution is 8.00. The zero-order chi connectivity index (χ0) is 11.1. The molecule has 15 heavy (non-hydrogen) atoms. The van der Waals surface area contributed by atoms with Gasteiger partial charge in [-0.1, -0.05) is 19.1 Å². The monoisotopic (exact) mass is 246 g/mol. The van der Waals surface area contributed by atoms with E-state index in [0.29, 0.717) is 4.99 Å². The molecule has 0 aromatic carbocycles. The van der Waals surface area contributed by atoms with Gasteiger partial charge in [0, 0.05) is 24.1 Å². The number of nitrogens with two attached hydrogens (primary N) is 1. The molecule has 4 heteroatoms. The summed E-state index contributed by atoms with van der Waals surface area (Å²) in [5.74, 6) is 1.30. The Kier molecular flexibility index (Phi) is 6.61. The van der Waals surface area contributed by atoms with Crippen molar-refractivity contribution in [2.75, 3.05) is 25.4 Å². The average Bonchev–Trinajstić information content (AvgIpc) is 2.24. The second-order valence-corrected chi connectivity index (χ2v) is 6.06. The van der Waals surface area contributed by atoms with Crippen molar-refractivity contribution in [1.82, 2.24) is 4.90 Å². The molecule has 1 unspecified atom stereocenters. The zero-order valence-electron chi connectivity index (χ0n) is 9.58. The molecule has 0 amide bonds. The van der Waals surface area contributed by atoms with Crippen LogP contribution in [0.3, 0.4) is 0 Å². The first-order valence-electron chi connectivity index (χ1n) is 5.84. The molecule has 1 atom stereocenters. The van der Waals surface area contributed by atoms with Crippen molar-refractivity contribution >= 4 is 29.0 Å². The van der Waals surface area contributed by atoms with Gasteiger partial charge in [0.2, 0.25) is 0 Å². The second kappa shape index (κ2) is 7.47. The predicted octanol–water partition coefficient (Wildman–Crippen LogP) is 2.27. The molecule has 0 spiro atoms. The molecule has 1 saturated heterocycles. The van der Waals surface area contributed by atoms with Crippen LogP contribution in [0.5, 0.6) is 0 Å². The first-order chi connectivity index (χ1) is 7.22. The van der Waals surface area contributed by atoms with Crippen LogP contribution in [-0.2, 0) is 0 Å². The van der Waals surface area contributed by atoms with E-state index in [1.54, 1.807) is 0 Å². The maximum atomic E-state index is 5.47. The maximum absolute atomic E-state index is 5.47. The van der Waals surface area contributed by atoms with Gasteiger partial charge in [-0.25, -0.2) is 0 Å². The number of nitrogens with zero attached hydrogens (tertiary/aromatic N) is 1. The fraction of sp³-hybridized carbons (Fsp3) is 0.909. The standard InChI is InChI=1S/C11H22N2S2/c1-2-10-9-13(7-8-15-10)6-4-3-5-11(12)14/h10H,2-9H2,1H3,(H2,12,14). The van der Waals surface area contributed by atoms with Crippen LogP contribution in [0, 0.1) is 0 Å². The van der Waals surface area contributed by atoms with E-state index in [0.717, 1.165) is 18.1 Å². The largest absolute Gasteiger partial charge is 0.393 e. The van der Waals surface area contributed by atoms with Crippen molar-refractivity contribution in [1.29, 1.82) is 0 Å². The lowest BCUT2D eigenvalue weighted by Crippen LogP contribution is -2.38. The molecule has 1 rings (SSSR count). The topological polar surface area (TPSA) is 29.3 Å². The minimum Gasteiger partial charge on any atom is -0.393 e. The molecule has 2 nitrogen and oxygen atoms in total. The van der Waals surface area contributed by atoms with Crippen LogP contribution in [0.1, 0.15) is 32.6 Å². The van der Waals surface area contributed by atoms with Gasteiger partial charge in [-0.2, -0.15) is 11.8 Å². The van der Waals surface area contributed by atoms with Crippen LogP contribution in [-0.4, -0.2) is 40.5 Å². The fourth-order valence-corrected chi connectivity index (χ4v) is 3.26. The lowest BCUT2D eigenvalue weighted by Gasteiger charge is -2.31. The minimum absolute atomic E-state index is 0.663. The molecular weight excluding hydrogens is 224 g/mol. The second-order valence-electron chi connectivity index (χ2n) is 4.13. The summed E-state index contributed by atoms with van der Waals surface area (Å²) >= 11 is 6.99. The van der Waals surface area contributed by atoms with E-state index >= 15 is 0 Å². The summed E-state index contributed by atoms with van der Waals surface area (Å²) in [4.78, 5) is 3.25. The third kappa shape index (κ3) is 5.73. The smallest absolute Gasteiger partial charge is 0.0727 e. The van der Waals surface area contributed by atoms with Gasteiger partial charge in [-0.05, 0) is 32.2 Å². The maximum Gasteiger partial charge on any atom is 0.0727 e. The molecule has 1 aliphatic heterocycles. The lowest BCUT2D eigenvalue weighted by atomic mass is 10.2. The van der Waals surface area contributed by atoms with Crippen LogP contribution in [0.2, 0.25) is 0 Å². The Balaban J connectivity index is 2.07. The van der Waals surface area contributed by atoms with Gasteiger partial charge in [0.1, 0.15) is 0 Å². The Bertz CT molecular complexity index is 197. The Morgan fingerprint density at radius 2 is 2.33 bits per heavy atom. The van der Waals surface area contributed by atoms with Gasteiger partial charge >= 0.3 is 0 Å². The third-order valence-electron chi connectivity index (χ3n) is 2.83. The van der Waals surface area contributed by atoms with Gasteiger partial charge in [-0.3, -0.25) is 0 Å². The highest BCUT2D eigenvalue weighted by Gasteiger charge is 2.17. The van der Waals surface area contributed by atoms with E-state index < -0.39 is 0 Å². The number of unbranched alkanes of at least 4 members (excludes halogenated alkanes) is 1. The first kappa shape index (κ1) is 13.3. The summed E-state index contributed by atoms with van der Waals surface area (Å²) in [5, 5.41) is 0.856. The number of hydrogen-bond donors (Lipinski definition) is 1.